The summed E-state index contributed by atoms with van der Waals surface area (Å²) in [5.74, 6) is 1.04. The molecule has 0 aliphatic carbocycles. The number of amides is 1. The molecule has 2 aromatic heterocycles. The number of aromatic nitrogens is 3. The number of halogens is 1. The van der Waals surface area contributed by atoms with Gasteiger partial charge in [-0.15, -0.1) is 0 Å². The highest BCUT2D eigenvalue weighted by Gasteiger charge is 2.16. The molecule has 0 aliphatic heterocycles. The van der Waals surface area contributed by atoms with E-state index in [2.05, 4.69) is 9.88 Å². The second-order valence-corrected chi connectivity index (χ2v) is 8.84. The van der Waals surface area contributed by atoms with E-state index in [0.29, 0.717) is 28.8 Å². The minimum Gasteiger partial charge on any atom is -0.455 e. The fourth-order valence-electron chi connectivity index (χ4n) is 4.34. The summed E-state index contributed by atoms with van der Waals surface area (Å²) in [7, 11) is 0. The molecular formula is C29H21ClN4O2. The highest BCUT2D eigenvalue weighted by molar-refractivity contribution is 6.31. The topological polar surface area (TPSA) is 69.0 Å². The van der Waals surface area contributed by atoms with Crippen molar-refractivity contribution in [2.75, 3.05) is 5.32 Å². The molecule has 0 bridgehead atoms. The predicted octanol–water partition coefficient (Wildman–Crippen LogP) is 7.21. The number of aryl methyl sites for hydroxylation is 1. The Hall–Kier alpha value is -4.42. The van der Waals surface area contributed by atoms with Crippen molar-refractivity contribution in [3.05, 3.63) is 102 Å². The number of para-hydroxylation sites is 4. The number of nitrogens with zero attached hydrogens (tertiary/aromatic N) is 3. The van der Waals surface area contributed by atoms with Crippen LogP contribution in [0.15, 0.2) is 97.1 Å². The Morgan fingerprint density at radius 2 is 1.58 bits per heavy atom. The van der Waals surface area contributed by atoms with Gasteiger partial charge in [0.1, 0.15) is 11.3 Å². The lowest BCUT2D eigenvalue weighted by molar-refractivity contribution is -0.116. The SMILES string of the molecule is O=C(CCn1c2ccccc2c2nc3ccccc3nc21)Nc1cc(Cl)ccc1Oc1ccccc1. The molecule has 4 aromatic carbocycles. The number of hydrogen-bond acceptors (Lipinski definition) is 4. The number of hydrogen-bond donors (Lipinski definition) is 1. The highest BCUT2D eigenvalue weighted by Crippen LogP contribution is 2.32. The first-order chi connectivity index (χ1) is 17.7. The van der Waals surface area contributed by atoms with Crippen molar-refractivity contribution in [3.63, 3.8) is 0 Å². The number of carbonyl (C=O) groups is 1. The number of anilines is 1. The average Bonchev–Trinajstić information content (AvgIpc) is 3.21. The van der Waals surface area contributed by atoms with Crippen molar-refractivity contribution < 1.29 is 9.53 Å². The summed E-state index contributed by atoms with van der Waals surface area (Å²) in [5.41, 5.74) is 4.77. The number of ether oxygens (including phenoxy) is 1. The van der Waals surface area contributed by atoms with Gasteiger partial charge in [0.15, 0.2) is 11.4 Å². The highest BCUT2D eigenvalue weighted by atomic mass is 35.5. The first-order valence-electron chi connectivity index (χ1n) is 11.6. The van der Waals surface area contributed by atoms with E-state index in [-0.39, 0.29) is 12.3 Å². The fourth-order valence-corrected chi connectivity index (χ4v) is 4.51. The van der Waals surface area contributed by atoms with Gasteiger partial charge in [-0.2, -0.15) is 0 Å². The molecule has 0 atom stereocenters. The molecule has 0 radical (unpaired) electrons. The first-order valence-corrected chi connectivity index (χ1v) is 12.0. The molecule has 6 aromatic rings. The Kier molecular flexibility index (Phi) is 5.71. The standard InChI is InChI=1S/C29H21ClN4O2/c30-19-14-15-26(36-20-8-2-1-3-9-20)24(18-19)31-27(35)16-17-34-25-13-7-4-10-21(25)28-29(34)33-23-12-6-5-11-22(23)32-28/h1-15,18H,16-17H2,(H,31,35). The summed E-state index contributed by atoms with van der Waals surface area (Å²) >= 11 is 6.21. The lowest BCUT2D eigenvalue weighted by Crippen LogP contribution is -2.15. The van der Waals surface area contributed by atoms with Crippen LogP contribution in [0, 0.1) is 0 Å². The van der Waals surface area contributed by atoms with Gasteiger partial charge >= 0.3 is 0 Å². The fraction of sp³-hybridized carbons (Fsp3) is 0.0690. The van der Waals surface area contributed by atoms with E-state index in [1.165, 1.54) is 0 Å². The first kappa shape index (κ1) is 22.1. The molecule has 0 unspecified atom stereocenters. The summed E-state index contributed by atoms with van der Waals surface area (Å²) in [4.78, 5) is 22.8. The Balaban J connectivity index is 1.28. The summed E-state index contributed by atoms with van der Waals surface area (Å²) in [6.07, 6.45) is 0.236. The summed E-state index contributed by atoms with van der Waals surface area (Å²) < 4.78 is 8.03. The Labute approximate surface area is 212 Å². The summed E-state index contributed by atoms with van der Waals surface area (Å²) in [5, 5.41) is 4.49. The summed E-state index contributed by atoms with van der Waals surface area (Å²) in [6.45, 7) is 0.443. The maximum Gasteiger partial charge on any atom is 0.226 e. The van der Waals surface area contributed by atoms with Gasteiger partial charge in [-0.3, -0.25) is 4.79 Å². The molecule has 7 heteroatoms. The van der Waals surface area contributed by atoms with Gasteiger partial charge in [0.25, 0.3) is 0 Å². The van der Waals surface area contributed by atoms with Gasteiger partial charge in [0.2, 0.25) is 5.91 Å². The molecule has 176 valence electrons. The molecule has 0 saturated carbocycles. The maximum absolute atomic E-state index is 13.0. The van der Waals surface area contributed by atoms with Crippen molar-refractivity contribution in [1.82, 2.24) is 14.5 Å². The van der Waals surface area contributed by atoms with Gasteiger partial charge in [0.05, 0.1) is 22.2 Å². The zero-order chi connectivity index (χ0) is 24.5. The number of rotatable bonds is 6. The molecule has 2 heterocycles. The van der Waals surface area contributed by atoms with Crippen LogP contribution in [0.25, 0.3) is 33.1 Å². The number of fused-ring (bicyclic) bond motifs is 4. The number of carbonyl (C=O) groups excluding carboxylic acids is 1. The van der Waals surface area contributed by atoms with Crippen LogP contribution in [-0.4, -0.2) is 20.4 Å². The Bertz CT molecular complexity index is 1730. The van der Waals surface area contributed by atoms with E-state index < -0.39 is 0 Å². The van der Waals surface area contributed by atoms with Gasteiger partial charge in [-0.1, -0.05) is 60.1 Å². The third-order valence-electron chi connectivity index (χ3n) is 6.01. The molecule has 0 aliphatic rings. The largest absolute Gasteiger partial charge is 0.455 e. The second kappa shape index (κ2) is 9.32. The maximum atomic E-state index is 13.0. The van der Waals surface area contributed by atoms with Crippen LogP contribution < -0.4 is 10.1 Å². The molecule has 0 spiro atoms. The second-order valence-electron chi connectivity index (χ2n) is 8.41. The quantitative estimate of drug-likeness (QED) is 0.266. The van der Waals surface area contributed by atoms with Gasteiger partial charge in [-0.05, 0) is 48.5 Å². The summed E-state index contributed by atoms with van der Waals surface area (Å²) in [6, 6.07) is 30.4. The third kappa shape index (κ3) is 4.23. The lowest BCUT2D eigenvalue weighted by Gasteiger charge is -2.13. The molecule has 0 fully saturated rings. The Morgan fingerprint density at radius 1 is 0.861 bits per heavy atom. The molecule has 0 saturated heterocycles. The normalized spacial score (nSPS) is 11.2. The minimum absolute atomic E-state index is 0.158. The zero-order valence-electron chi connectivity index (χ0n) is 19.2. The van der Waals surface area contributed by atoms with Crippen molar-refractivity contribution in [3.8, 4) is 11.5 Å². The van der Waals surface area contributed by atoms with E-state index in [1.54, 1.807) is 18.2 Å². The molecule has 1 amide bonds. The molecule has 6 rings (SSSR count). The predicted molar refractivity (Wildman–Crippen MR) is 144 cm³/mol. The van der Waals surface area contributed by atoms with E-state index >= 15 is 0 Å². The lowest BCUT2D eigenvalue weighted by atomic mass is 10.2. The molecular weight excluding hydrogens is 472 g/mol. The molecule has 6 nitrogen and oxygen atoms in total. The monoisotopic (exact) mass is 492 g/mol. The van der Waals surface area contributed by atoms with Crippen LogP contribution in [0.4, 0.5) is 5.69 Å². The molecule has 1 N–H and O–H groups in total. The van der Waals surface area contributed by atoms with Crippen LogP contribution in [0.5, 0.6) is 11.5 Å². The number of nitrogens with one attached hydrogen (secondary N) is 1. The van der Waals surface area contributed by atoms with Gasteiger partial charge in [0, 0.05) is 23.4 Å². The minimum atomic E-state index is -0.158. The third-order valence-corrected chi connectivity index (χ3v) is 6.24. The van der Waals surface area contributed by atoms with E-state index in [1.807, 2.05) is 78.9 Å². The average molecular weight is 493 g/mol. The van der Waals surface area contributed by atoms with Gasteiger partial charge < -0.3 is 14.6 Å². The van der Waals surface area contributed by atoms with Crippen molar-refractivity contribution >= 4 is 56.3 Å². The van der Waals surface area contributed by atoms with Crippen molar-refractivity contribution in [2.45, 2.75) is 13.0 Å². The smallest absolute Gasteiger partial charge is 0.226 e. The zero-order valence-corrected chi connectivity index (χ0v) is 19.9. The van der Waals surface area contributed by atoms with E-state index in [9.17, 15) is 4.79 Å². The van der Waals surface area contributed by atoms with E-state index in [4.69, 9.17) is 26.3 Å². The van der Waals surface area contributed by atoms with Crippen LogP contribution in [0.3, 0.4) is 0 Å². The van der Waals surface area contributed by atoms with Crippen molar-refractivity contribution in [2.24, 2.45) is 0 Å². The van der Waals surface area contributed by atoms with Crippen molar-refractivity contribution in [1.29, 1.82) is 0 Å². The van der Waals surface area contributed by atoms with Crippen LogP contribution in [-0.2, 0) is 11.3 Å². The number of benzene rings is 4. The van der Waals surface area contributed by atoms with Crippen LogP contribution >= 0.6 is 11.6 Å². The van der Waals surface area contributed by atoms with Crippen LogP contribution in [0.2, 0.25) is 5.02 Å². The Morgan fingerprint density at radius 3 is 2.42 bits per heavy atom. The molecule has 36 heavy (non-hydrogen) atoms. The van der Waals surface area contributed by atoms with E-state index in [0.717, 1.165) is 33.1 Å². The van der Waals surface area contributed by atoms with Gasteiger partial charge in [-0.25, -0.2) is 9.97 Å². The van der Waals surface area contributed by atoms with Crippen LogP contribution in [0.1, 0.15) is 6.42 Å².